The molecule has 136 valence electrons. The summed E-state index contributed by atoms with van der Waals surface area (Å²) in [5.41, 5.74) is 5.01. The van der Waals surface area contributed by atoms with Crippen LogP contribution in [0, 0.1) is 13.8 Å². The van der Waals surface area contributed by atoms with Crippen molar-refractivity contribution in [3.8, 4) is 5.75 Å². The molecule has 2 rings (SSSR count). The highest BCUT2D eigenvalue weighted by molar-refractivity contribution is 7.48. The SMILES string of the molecule is CCCC(CC)(Pc1ccc(C)cc1CNC)c1cc(C)ccc1O. The Morgan fingerprint density at radius 2 is 1.72 bits per heavy atom. The van der Waals surface area contributed by atoms with E-state index in [1.807, 2.05) is 19.2 Å². The fourth-order valence-electron chi connectivity index (χ4n) is 3.62. The number of hydrogen-bond acceptors (Lipinski definition) is 2. The molecule has 2 aromatic rings. The largest absolute Gasteiger partial charge is 0.508 e. The molecule has 0 heterocycles. The number of benzene rings is 2. The highest BCUT2D eigenvalue weighted by atomic mass is 31.1. The highest BCUT2D eigenvalue weighted by Gasteiger charge is 2.33. The standard InChI is InChI=1S/C22H32NOP/c1-6-12-22(7-2,19-14-17(4)8-10-20(19)24)25-21-11-9-16(3)13-18(21)15-23-5/h8-11,13-14,23-25H,6-7,12,15H2,1-5H3. The Morgan fingerprint density at radius 1 is 1.04 bits per heavy atom. The molecule has 0 amide bonds. The van der Waals surface area contributed by atoms with E-state index in [-0.39, 0.29) is 5.16 Å². The van der Waals surface area contributed by atoms with Gasteiger partial charge in [0.05, 0.1) is 0 Å². The minimum absolute atomic E-state index is 0.00258. The molecular weight excluding hydrogens is 325 g/mol. The molecule has 0 saturated heterocycles. The van der Waals surface area contributed by atoms with Crippen LogP contribution in [-0.4, -0.2) is 12.2 Å². The number of aromatic hydroxyl groups is 1. The third kappa shape index (κ3) is 4.63. The number of aryl methyl sites for hydroxylation is 2. The van der Waals surface area contributed by atoms with Gasteiger partial charge >= 0.3 is 0 Å². The van der Waals surface area contributed by atoms with Crippen LogP contribution in [0.2, 0.25) is 0 Å². The number of rotatable bonds is 8. The van der Waals surface area contributed by atoms with E-state index in [2.05, 4.69) is 57.3 Å². The van der Waals surface area contributed by atoms with Gasteiger partial charge in [-0.15, -0.1) is 0 Å². The Kier molecular flexibility index (Phi) is 7.04. The normalized spacial score (nSPS) is 14.1. The van der Waals surface area contributed by atoms with Crippen LogP contribution < -0.4 is 10.6 Å². The van der Waals surface area contributed by atoms with E-state index < -0.39 is 0 Å². The van der Waals surface area contributed by atoms with Crippen molar-refractivity contribution in [2.24, 2.45) is 0 Å². The van der Waals surface area contributed by atoms with E-state index in [1.165, 1.54) is 22.0 Å². The van der Waals surface area contributed by atoms with Crippen molar-refractivity contribution < 1.29 is 5.11 Å². The molecule has 25 heavy (non-hydrogen) atoms. The van der Waals surface area contributed by atoms with Crippen molar-refractivity contribution in [2.75, 3.05) is 7.05 Å². The predicted molar refractivity (Wildman–Crippen MR) is 112 cm³/mol. The van der Waals surface area contributed by atoms with Gasteiger partial charge in [-0.1, -0.05) is 70.3 Å². The molecule has 0 fully saturated rings. The average Bonchev–Trinajstić information content (AvgIpc) is 2.59. The van der Waals surface area contributed by atoms with Crippen molar-refractivity contribution in [2.45, 2.75) is 58.7 Å². The Balaban J connectivity index is 2.53. The summed E-state index contributed by atoms with van der Waals surface area (Å²) < 4.78 is 0. The van der Waals surface area contributed by atoms with E-state index in [9.17, 15) is 5.11 Å². The van der Waals surface area contributed by atoms with Crippen LogP contribution >= 0.6 is 8.58 Å². The van der Waals surface area contributed by atoms with Crippen LogP contribution in [0.15, 0.2) is 36.4 Å². The van der Waals surface area contributed by atoms with Crippen LogP contribution in [0.25, 0.3) is 0 Å². The summed E-state index contributed by atoms with van der Waals surface area (Å²) in [4.78, 5) is 0. The summed E-state index contributed by atoms with van der Waals surface area (Å²) in [6.07, 6.45) is 3.23. The molecule has 2 N–H and O–H groups in total. The summed E-state index contributed by atoms with van der Waals surface area (Å²) in [6.45, 7) is 9.64. The topological polar surface area (TPSA) is 32.3 Å². The minimum Gasteiger partial charge on any atom is -0.508 e. The van der Waals surface area contributed by atoms with Crippen LogP contribution in [0.5, 0.6) is 5.75 Å². The van der Waals surface area contributed by atoms with Crippen molar-refractivity contribution in [3.63, 3.8) is 0 Å². The monoisotopic (exact) mass is 357 g/mol. The predicted octanol–water partition coefficient (Wildman–Crippen LogP) is 5.14. The Bertz CT molecular complexity index is 713. The second kappa shape index (κ2) is 8.83. The van der Waals surface area contributed by atoms with Gasteiger partial charge in [-0.3, -0.25) is 0 Å². The van der Waals surface area contributed by atoms with Gasteiger partial charge in [0.25, 0.3) is 0 Å². The van der Waals surface area contributed by atoms with E-state index in [4.69, 9.17) is 0 Å². The second-order valence-electron chi connectivity index (χ2n) is 7.02. The average molecular weight is 357 g/mol. The zero-order valence-electron chi connectivity index (χ0n) is 16.2. The van der Waals surface area contributed by atoms with Crippen molar-refractivity contribution >= 4 is 13.9 Å². The molecular formula is C22H32NOP. The lowest BCUT2D eigenvalue weighted by molar-refractivity contribution is 0.442. The van der Waals surface area contributed by atoms with Crippen molar-refractivity contribution in [1.82, 2.24) is 5.32 Å². The van der Waals surface area contributed by atoms with Crippen molar-refractivity contribution in [3.05, 3.63) is 58.7 Å². The molecule has 0 bridgehead atoms. The van der Waals surface area contributed by atoms with Gasteiger partial charge in [0.2, 0.25) is 0 Å². The third-order valence-electron chi connectivity index (χ3n) is 4.95. The lowest BCUT2D eigenvalue weighted by Crippen LogP contribution is -2.25. The van der Waals surface area contributed by atoms with Crippen LogP contribution in [0.4, 0.5) is 0 Å². The Labute approximate surface area is 154 Å². The molecule has 0 radical (unpaired) electrons. The molecule has 2 atom stereocenters. The minimum atomic E-state index is 0.00258. The molecule has 0 aliphatic rings. The summed E-state index contributed by atoms with van der Waals surface area (Å²) in [6, 6.07) is 12.8. The maximum absolute atomic E-state index is 10.6. The second-order valence-corrected chi connectivity index (χ2v) is 8.77. The first kappa shape index (κ1) is 19.9. The lowest BCUT2D eigenvalue weighted by Gasteiger charge is -2.35. The van der Waals surface area contributed by atoms with Gasteiger partial charge in [-0.2, -0.15) is 0 Å². The molecule has 2 nitrogen and oxygen atoms in total. The molecule has 0 aliphatic carbocycles. The molecule has 2 unspecified atom stereocenters. The quantitative estimate of drug-likeness (QED) is 0.641. The van der Waals surface area contributed by atoms with Gasteiger partial charge in [0.15, 0.2) is 0 Å². The third-order valence-corrected chi connectivity index (χ3v) is 7.06. The number of phenolic OH excluding ortho intramolecular Hbond substituents is 1. The first-order chi connectivity index (χ1) is 12.0. The molecule has 3 heteroatoms. The van der Waals surface area contributed by atoms with E-state index in [0.717, 1.165) is 31.4 Å². The Morgan fingerprint density at radius 3 is 2.36 bits per heavy atom. The van der Waals surface area contributed by atoms with Crippen LogP contribution in [0.3, 0.4) is 0 Å². The maximum Gasteiger partial charge on any atom is 0.119 e. The number of nitrogens with one attached hydrogen (secondary N) is 1. The van der Waals surface area contributed by atoms with Crippen LogP contribution in [-0.2, 0) is 11.7 Å². The number of phenols is 1. The van der Waals surface area contributed by atoms with E-state index in [1.54, 1.807) is 0 Å². The lowest BCUT2D eigenvalue weighted by atomic mass is 9.89. The van der Waals surface area contributed by atoms with Gasteiger partial charge in [0, 0.05) is 17.3 Å². The van der Waals surface area contributed by atoms with Gasteiger partial charge in [-0.25, -0.2) is 0 Å². The first-order valence-electron chi connectivity index (χ1n) is 9.28. The van der Waals surface area contributed by atoms with Gasteiger partial charge in [0.1, 0.15) is 5.75 Å². The first-order valence-corrected chi connectivity index (χ1v) is 10.3. The Hall–Kier alpha value is -1.37. The number of hydrogen-bond donors (Lipinski definition) is 2. The molecule has 2 aromatic carbocycles. The summed E-state index contributed by atoms with van der Waals surface area (Å²) >= 11 is 0. The van der Waals surface area contributed by atoms with Crippen LogP contribution in [0.1, 0.15) is 55.4 Å². The van der Waals surface area contributed by atoms with Gasteiger partial charge < -0.3 is 10.4 Å². The van der Waals surface area contributed by atoms with Gasteiger partial charge in [-0.05, 0) is 50.7 Å². The maximum atomic E-state index is 10.6. The zero-order chi connectivity index (χ0) is 18.4. The fourth-order valence-corrected chi connectivity index (χ4v) is 5.51. The highest BCUT2D eigenvalue weighted by Crippen LogP contribution is 2.51. The molecule has 0 aromatic heterocycles. The smallest absolute Gasteiger partial charge is 0.119 e. The molecule has 0 aliphatic heterocycles. The summed E-state index contributed by atoms with van der Waals surface area (Å²) in [5, 5.41) is 15.3. The zero-order valence-corrected chi connectivity index (χ0v) is 17.2. The van der Waals surface area contributed by atoms with E-state index >= 15 is 0 Å². The summed E-state index contributed by atoms with van der Waals surface area (Å²) in [7, 11) is 2.65. The molecule has 0 spiro atoms. The van der Waals surface area contributed by atoms with E-state index in [0.29, 0.717) is 14.3 Å². The summed E-state index contributed by atoms with van der Waals surface area (Å²) in [5.74, 6) is 0.440. The van der Waals surface area contributed by atoms with Crippen molar-refractivity contribution in [1.29, 1.82) is 0 Å². The molecule has 0 saturated carbocycles. The fraction of sp³-hybridized carbons (Fsp3) is 0.455.